The maximum atomic E-state index is 12.2. The summed E-state index contributed by atoms with van der Waals surface area (Å²) in [5.74, 6) is 0.289. The highest BCUT2D eigenvalue weighted by Gasteiger charge is 2.33. The van der Waals surface area contributed by atoms with Gasteiger partial charge in [0.2, 0.25) is 5.91 Å². The molecule has 0 aromatic heterocycles. The van der Waals surface area contributed by atoms with Gasteiger partial charge in [0.05, 0.1) is 20.8 Å². The smallest absolute Gasteiger partial charge is 0.300 e. The number of ether oxygens (including phenoxy) is 2. The van der Waals surface area contributed by atoms with E-state index < -0.39 is 12.0 Å². The van der Waals surface area contributed by atoms with Crippen LogP contribution in [-0.4, -0.2) is 49.5 Å². The molecule has 2 rings (SSSR count). The number of hydrogen-bond acceptors (Lipinski definition) is 6. The topological polar surface area (TPSA) is 131 Å². The summed E-state index contributed by atoms with van der Waals surface area (Å²) in [6.45, 7) is 1.72. The van der Waals surface area contributed by atoms with Crippen LogP contribution in [-0.2, 0) is 9.59 Å². The maximum absolute atomic E-state index is 12.2. The number of amides is 1. The first-order chi connectivity index (χ1) is 13.3. The summed E-state index contributed by atoms with van der Waals surface area (Å²) in [5, 5.41) is 19.9. The van der Waals surface area contributed by atoms with E-state index in [-0.39, 0.29) is 24.3 Å². The third-order valence-electron chi connectivity index (χ3n) is 4.90. The molecule has 0 bridgehead atoms. The number of nitrogens with two attached hydrogens (primary N) is 1. The number of carbonyl (C=O) groups is 2. The third-order valence-corrected chi connectivity index (χ3v) is 4.90. The summed E-state index contributed by atoms with van der Waals surface area (Å²) in [6.07, 6.45) is 4.34. The molecule has 1 saturated carbocycles. The lowest BCUT2D eigenvalue weighted by atomic mass is 9.87. The van der Waals surface area contributed by atoms with Crippen molar-refractivity contribution in [1.29, 1.82) is 0 Å². The van der Waals surface area contributed by atoms with Crippen molar-refractivity contribution in [3.8, 4) is 11.5 Å². The molecule has 1 unspecified atom stereocenters. The van der Waals surface area contributed by atoms with Crippen molar-refractivity contribution in [2.75, 3.05) is 27.4 Å². The number of rotatable bonds is 8. The highest BCUT2D eigenvalue weighted by molar-refractivity contribution is 5.76. The molecule has 0 aliphatic heterocycles. The monoisotopic (exact) mass is 396 g/mol. The molecule has 8 heteroatoms. The van der Waals surface area contributed by atoms with Crippen LogP contribution in [0.4, 0.5) is 0 Å². The molecule has 1 atom stereocenters. The van der Waals surface area contributed by atoms with E-state index in [1.165, 1.54) is 0 Å². The number of methoxy groups -OCH3 is 2. The highest BCUT2D eigenvalue weighted by atomic mass is 16.5. The lowest BCUT2D eigenvalue weighted by Crippen LogP contribution is -2.39. The average molecular weight is 396 g/mol. The highest BCUT2D eigenvalue weighted by Crippen LogP contribution is 2.37. The van der Waals surface area contributed by atoms with Crippen molar-refractivity contribution >= 4 is 11.9 Å². The zero-order chi connectivity index (χ0) is 21.2. The molecule has 0 saturated heterocycles. The van der Waals surface area contributed by atoms with Crippen LogP contribution in [0.25, 0.3) is 0 Å². The van der Waals surface area contributed by atoms with Crippen LogP contribution in [0.5, 0.6) is 11.5 Å². The Morgan fingerprint density at radius 3 is 2.29 bits per heavy atom. The van der Waals surface area contributed by atoms with Crippen molar-refractivity contribution in [2.24, 2.45) is 11.1 Å². The minimum Gasteiger partial charge on any atom is -0.493 e. The van der Waals surface area contributed by atoms with Gasteiger partial charge in [-0.1, -0.05) is 18.9 Å². The van der Waals surface area contributed by atoms with E-state index in [4.69, 9.17) is 25.1 Å². The Balaban J connectivity index is 0.000000892. The molecule has 1 amide bonds. The Morgan fingerprint density at radius 2 is 1.79 bits per heavy atom. The molecule has 28 heavy (non-hydrogen) atoms. The predicted octanol–water partition coefficient (Wildman–Crippen LogP) is 1.85. The molecule has 1 aliphatic carbocycles. The van der Waals surface area contributed by atoms with Crippen LogP contribution < -0.4 is 20.5 Å². The van der Waals surface area contributed by atoms with Gasteiger partial charge in [-0.2, -0.15) is 0 Å². The fraction of sp³-hybridized carbons (Fsp3) is 0.600. The molecule has 0 heterocycles. The van der Waals surface area contributed by atoms with Gasteiger partial charge in [0, 0.05) is 31.3 Å². The van der Waals surface area contributed by atoms with Crippen LogP contribution in [0.15, 0.2) is 18.2 Å². The summed E-state index contributed by atoms with van der Waals surface area (Å²) in [5.41, 5.74) is 6.82. The van der Waals surface area contributed by atoms with Gasteiger partial charge in [-0.15, -0.1) is 0 Å². The number of aliphatic hydroxyl groups excluding tert-OH is 1. The van der Waals surface area contributed by atoms with E-state index in [1.807, 2.05) is 6.07 Å². The molecule has 0 radical (unpaired) electrons. The number of aliphatic carboxylic acids is 1. The quantitative estimate of drug-likeness (QED) is 0.527. The maximum Gasteiger partial charge on any atom is 0.300 e. The van der Waals surface area contributed by atoms with E-state index in [0.29, 0.717) is 18.0 Å². The fourth-order valence-corrected chi connectivity index (χ4v) is 3.28. The van der Waals surface area contributed by atoms with Gasteiger partial charge in [0.25, 0.3) is 5.97 Å². The summed E-state index contributed by atoms with van der Waals surface area (Å²) in [7, 11) is 3.14. The predicted molar refractivity (Wildman–Crippen MR) is 105 cm³/mol. The summed E-state index contributed by atoms with van der Waals surface area (Å²) >= 11 is 0. The van der Waals surface area contributed by atoms with Crippen molar-refractivity contribution in [2.45, 2.75) is 45.1 Å². The van der Waals surface area contributed by atoms with Gasteiger partial charge >= 0.3 is 0 Å². The van der Waals surface area contributed by atoms with Crippen molar-refractivity contribution in [3.05, 3.63) is 23.8 Å². The second-order valence-electron chi connectivity index (χ2n) is 7.09. The molecule has 8 nitrogen and oxygen atoms in total. The molecule has 158 valence electrons. The average Bonchev–Trinajstić information content (AvgIpc) is 3.15. The SMILES string of the molecule is CC(=O)O.COc1ccc(C(N)CC(=O)NCC2(CO)CCCC2)cc1OC. The molecule has 0 spiro atoms. The van der Waals surface area contributed by atoms with Gasteiger partial charge < -0.3 is 30.7 Å². The zero-order valence-corrected chi connectivity index (χ0v) is 16.9. The first-order valence-electron chi connectivity index (χ1n) is 9.31. The van der Waals surface area contributed by atoms with Gasteiger partial charge in [-0.25, -0.2) is 0 Å². The van der Waals surface area contributed by atoms with E-state index in [1.54, 1.807) is 26.4 Å². The summed E-state index contributed by atoms with van der Waals surface area (Å²) in [4.78, 5) is 21.2. The van der Waals surface area contributed by atoms with E-state index >= 15 is 0 Å². The first-order valence-corrected chi connectivity index (χ1v) is 9.31. The Labute approximate surface area is 166 Å². The van der Waals surface area contributed by atoms with Crippen LogP contribution in [0.3, 0.4) is 0 Å². The van der Waals surface area contributed by atoms with Crippen LogP contribution >= 0.6 is 0 Å². The number of nitrogens with one attached hydrogen (secondary N) is 1. The fourth-order valence-electron chi connectivity index (χ4n) is 3.28. The number of hydrogen-bond donors (Lipinski definition) is 4. The number of aliphatic hydroxyl groups is 1. The van der Waals surface area contributed by atoms with Crippen molar-refractivity contribution < 1.29 is 29.3 Å². The van der Waals surface area contributed by atoms with Crippen LogP contribution in [0.2, 0.25) is 0 Å². The molecule has 5 N–H and O–H groups in total. The molecular weight excluding hydrogens is 364 g/mol. The lowest BCUT2D eigenvalue weighted by molar-refractivity contribution is -0.134. The molecule has 1 aromatic carbocycles. The Bertz CT molecular complexity index is 640. The summed E-state index contributed by atoms with van der Waals surface area (Å²) in [6, 6.07) is 5.00. The van der Waals surface area contributed by atoms with Gasteiger partial charge in [0.1, 0.15) is 0 Å². The standard InChI is InChI=1S/C18H28N2O4.C2H4O2/c1-23-15-6-5-13(9-16(15)24-2)14(19)10-17(22)20-11-18(12-21)7-3-4-8-18;1-2(3)4/h5-6,9,14,21H,3-4,7-8,10-12,19H2,1-2H3,(H,20,22);1H3,(H,3,4). The molecule has 1 aliphatic rings. The lowest BCUT2D eigenvalue weighted by Gasteiger charge is -2.27. The van der Waals surface area contributed by atoms with Crippen molar-refractivity contribution in [1.82, 2.24) is 5.32 Å². The largest absolute Gasteiger partial charge is 0.493 e. The third kappa shape index (κ3) is 7.36. The molecular formula is C20H32N2O6. The summed E-state index contributed by atoms with van der Waals surface area (Å²) < 4.78 is 10.5. The Hall–Kier alpha value is -2.32. The second kappa shape index (κ2) is 11.5. The van der Waals surface area contributed by atoms with Crippen molar-refractivity contribution in [3.63, 3.8) is 0 Å². The molecule has 1 aromatic rings. The number of carboxylic acid groups (broad SMARTS) is 1. The Kier molecular flexibility index (Phi) is 9.75. The van der Waals surface area contributed by atoms with Gasteiger partial charge in [0.15, 0.2) is 11.5 Å². The normalized spacial score (nSPS) is 15.8. The number of carboxylic acids is 1. The minimum absolute atomic E-state index is 0.1000. The minimum atomic E-state index is -0.833. The molecule has 1 fully saturated rings. The second-order valence-corrected chi connectivity index (χ2v) is 7.09. The van der Waals surface area contributed by atoms with E-state index in [9.17, 15) is 9.90 Å². The van der Waals surface area contributed by atoms with Crippen LogP contribution in [0.1, 0.15) is 50.6 Å². The van der Waals surface area contributed by atoms with Gasteiger partial charge in [-0.3, -0.25) is 9.59 Å². The zero-order valence-electron chi connectivity index (χ0n) is 16.9. The van der Waals surface area contributed by atoms with E-state index in [2.05, 4.69) is 5.32 Å². The van der Waals surface area contributed by atoms with E-state index in [0.717, 1.165) is 38.2 Å². The number of benzene rings is 1. The van der Waals surface area contributed by atoms with Gasteiger partial charge in [-0.05, 0) is 30.5 Å². The Morgan fingerprint density at radius 1 is 1.21 bits per heavy atom. The number of carbonyl (C=O) groups excluding carboxylic acids is 1. The van der Waals surface area contributed by atoms with Crippen LogP contribution in [0, 0.1) is 5.41 Å². The first kappa shape index (κ1) is 23.7.